The topological polar surface area (TPSA) is 104 Å². The minimum Gasteiger partial charge on any atom is -0.464 e. The molecular weight excluding hydrogens is 262 g/mol. The van der Waals surface area contributed by atoms with E-state index in [1.165, 1.54) is 0 Å². The van der Waals surface area contributed by atoms with Crippen LogP contribution in [0, 0.1) is 5.92 Å². The lowest BCUT2D eigenvalue weighted by atomic mass is 10.2. The van der Waals surface area contributed by atoms with E-state index in [0.717, 1.165) is 0 Å². The third kappa shape index (κ3) is 9.34. The molecule has 0 amide bonds. The molecule has 1 atom stereocenters. The van der Waals surface area contributed by atoms with Gasteiger partial charge in [-0.3, -0.25) is 9.35 Å². The second-order valence-electron chi connectivity index (χ2n) is 4.49. The summed E-state index contributed by atoms with van der Waals surface area (Å²) >= 11 is 0. The van der Waals surface area contributed by atoms with Crippen molar-refractivity contribution in [2.75, 3.05) is 32.5 Å². The van der Waals surface area contributed by atoms with E-state index in [-0.39, 0.29) is 25.0 Å². The summed E-state index contributed by atoms with van der Waals surface area (Å²) in [6, 6.07) is 0. The maximum Gasteiger partial charge on any atom is 0.308 e. The van der Waals surface area contributed by atoms with Crippen molar-refractivity contribution < 1.29 is 27.6 Å². The molecule has 18 heavy (non-hydrogen) atoms. The Morgan fingerprint density at radius 1 is 1.39 bits per heavy atom. The van der Waals surface area contributed by atoms with E-state index in [1.54, 1.807) is 25.8 Å². The van der Waals surface area contributed by atoms with Crippen LogP contribution in [0.4, 0.5) is 0 Å². The van der Waals surface area contributed by atoms with Gasteiger partial charge in [0.15, 0.2) is 0 Å². The molecule has 0 saturated carbocycles. The number of carbonyl (C=O) groups excluding carboxylic acids is 1. The van der Waals surface area contributed by atoms with Crippen molar-refractivity contribution in [1.82, 2.24) is 4.90 Å². The molecule has 0 heterocycles. The second-order valence-corrected chi connectivity index (χ2v) is 5.98. The van der Waals surface area contributed by atoms with Crippen LogP contribution in [0.5, 0.6) is 0 Å². The maximum absolute atomic E-state index is 11.1. The van der Waals surface area contributed by atoms with Crippen molar-refractivity contribution in [3.8, 4) is 0 Å². The average Bonchev–Trinajstić information content (AvgIpc) is 2.13. The molecule has 8 heteroatoms. The van der Waals surface area contributed by atoms with Gasteiger partial charge in [0.1, 0.15) is 12.4 Å². The van der Waals surface area contributed by atoms with Gasteiger partial charge in [0.05, 0.1) is 12.0 Å². The van der Waals surface area contributed by atoms with E-state index in [9.17, 15) is 18.3 Å². The van der Waals surface area contributed by atoms with Crippen LogP contribution in [0.15, 0.2) is 0 Å². The number of nitrogens with zero attached hydrogens (tertiary/aromatic N) is 1. The van der Waals surface area contributed by atoms with Gasteiger partial charge >= 0.3 is 5.97 Å². The van der Waals surface area contributed by atoms with Crippen LogP contribution >= 0.6 is 0 Å². The van der Waals surface area contributed by atoms with E-state index in [2.05, 4.69) is 0 Å². The number of hydrogen-bond donors (Lipinski definition) is 2. The molecule has 108 valence electrons. The zero-order chi connectivity index (χ0) is 14.3. The number of carbonyl (C=O) groups is 1. The molecule has 1 unspecified atom stereocenters. The summed E-state index contributed by atoms with van der Waals surface area (Å²) in [7, 11) is -2.53. The highest BCUT2D eigenvalue weighted by molar-refractivity contribution is 7.85. The van der Waals surface area contributed by atoms with E-state index >= 15 is 0 Å². The third-order valence-corrected chi connectivity index (χ3v) is 2.92. The number of esters is 1. The number of hydrogen-bond acceptors (Lipinski definition) is 6. The van der Waals surface area contributed by atoms with E-state index < -0.39 is 22.0 Å². The van der Waals surface area contributed by atoms with E-state index in [4.69, 9.17) is 9.29 Å². The molecule has 0 bridgehead atoms. The second kappa shape index (κ2) is 7.67. The summed E-state index contributed by atoms with van der Waals surface area (Å²) in [5, 5.41) is 9.36. The first kappa shape index (κ1) is 17.3. The van der Waals surface area contributed by atoms with Crippen LogP contribution in [0.25, 0.3) is 0 Å². The Labute approximate surface area is 107 Å². The maximum atomic E-state index is 11.1. The normalized spacial score (nSPS) is 13.9. The fourth-order valence-electron chi connectivity index (χ4n) is 1.22. The molecule has 7 nitrogen and oxygen atoms in total. The first-order valence-electron chi connectivity index (χ1n) is 5.60. The molecule has 0 rings (SSSR count). The average molecular weight is 283 g/mol. The van der Waals surface area contributed by atoms with Crippen LogP contribution < -0.4 is 0 Å². The van der Waals surface area contributed by atoms with Crippen LogP contribution in [-0.4, -0.2) is 67.5 Å². The minimum atomic E-state index is -4.18. The summed E-state index contributed by atoms with van der Waals surface area (Å²) in [5.74, 6) is -1.20. The lowest BCUT2D eigenvalue weighted by Gasteiger charge is -2.19. The van der Waals surface area contributed by atoms with Crippen molar-refractivity contribution in [2.24, 2.45) is 5.92 Å². The monoisotopic (exact) mass is 283 g/mol. The number of likely N-dealkylation sites (N-methyl/N-ethyl adjacent to an activating group) is 1. The zero-order valence-corrected chi connectivity index (χ0v) is 11.7. The standard InChI is InChI=1S/C10H21NO6S/c1-8(2)10(13)17-5-4-11(3)6-9(12)7-18(14,15)16/h8-9,12H,4-7H2,1-3H3,(H,14,15,16). The first-order valence-corrected chi connectivity index (χ1v) is 7.21. The van der Waals surface area contributed by atoms with Gasteiger partial charge in [-0.1, -0.05) is 13.8 Å². The highest BCUT2D eigenvalue weighted by Gasteiger charge is 2.16. The highest BCUT2D eigenvalue weighted by Crippen LogP contribution is 1.97. The summed E-state index contributed by atoms with van der Waals surface area (Å²) in [5.41, 5.74) is 0. The summed E-state index contributed by atoms with van der Waals surface area (Å²) in [6.07, 6.45) is -1.18. The molecule has 0 saturated heterocycles. The molecule has 0 aliphatic rings. The van der Waals surface area contributed by atoms with Crippen molar-refractivity contribution >= 4 is 16.1 Å². The van der Waals surface area contributed by atoms with Gasteiger partial charge in [0.2, 0.25) is 0 Å². The minimum absolute atomic E-state index is 0.0685. The van der Waals surface area contributed by atoms with Gasteiger partial charge in [-0.2, -0.15) is 8.42 Å². The molecule has 0 aromatic heterocycles. The molecule has 0 aliphatic heterocycles. The Morgan fingerprint density at radius 3 is 2.39 bits per heavy atom. The lowest BCUT2D eigenvalue weighted by molar-refractivity contribution is -0.147. The third-order valence-electron chi connectivity index (χ3n) is 2.11. The van der Waals surface area contributed by atoms with Gasteiger partial charge in [0.25, 0.3) is 10.1 Å². The van der Waals surface area contributed by atoms with Crippen molar-refractivity contribution in [2.45, 2.75) is 20.0 Å². The Morgan fingerprint density at radius 2 is 1.94 bits per heavy atom. The number of ether oxygens (including phenoxy) is 1. The Bertz CT molecular complexity index is 353. The van der Waals surface area contributed by atoms with Gasteiger partial charge < -0.3 is 14.7 Å². The number of aliphatic hydroxyl groups excluding tert-OH is 1. The van der Waals surface area contributed by atoms with Crippen molar-refractivity contribution in [3.05, 3.63) is 0 Å². The Balaban J connectivity index is 3.84. The molecule has 0 fully saturated rings. The quantitative estimate of drug-likeness (QED) is 0.451. The molecule has 0 radical (unpaired) electrons. The molecule has 0 aliphatic carbocycles. The number of aliphatic hydroxyl groups is 1. The van der Waals surface area contributed by atoms with Crippen LogP contribution in [0.2, 0.25) is 0 Å². The SMILES string of the molecule is CC(C)C(=O)OCCN(C)CC(O)CS(=O)(=O)O. The van der Waals surface area contributed by atoms with E-state index in [0.29, 0.717) is 6.54 Å². The molecule has 2 N–H and O–H groups in total. The largest absolute Gasteiger partial charge is 0.464 e. The summed E-state index contributed by atoms with van der Waals surface area (Å²) in [6.45, 7) is 4.07. The molecule has 0 aromatic rings. The fraction of sp³-hybridized carbons (Fsp3) is 0.900. The summed E-state index contributed by atoms with van der Waals surface area (Å²) < 4.78 is 34.5. The Hall–Kier alpha value is -0.700. The molecule has 0 aromatic carbocycles. The molecular formula is C10H21NO6S. The van der Waals surface area contributed by atoms with Gasteiger partial charge in [-0.25, -0.2) is 0 Å². The fourth-order valence-corrected chi connectivity index (χ4v) is 1.81. The summed E-state index contributed by atoms with van der Waals surface area (Å²) in [4.78, 5) is 12.7. The first-order chi connectivity index (χ1) is 8.11. The van der Waals surface area contributed by atoms with Gasteiger partial charge in [-0.15, -0.1) is 0 Å². The van der Waals surface area contributed by atoms with Gasteiger partial charge in [-0.05, 0) is 7.05 Å². The van der Waals surface area contributed by atoms with Crippen LogP contribution in [-0.2, 0) is 19.6 Å². The van der Waals surface area contributed by atoms with Gasteiger partial charge in [0, 0.05) is 13.1 Å². The number of rotatable bonds is 8. The van der Waals surface area contributed by atoms with Crippen molar-refractivity contribution in [3.63, 3.8) is 0 Å². The smallest absolute Gasteiger partial charge is 0.308 e. The van der Waals surface area contributed by atoms with Crippen LogP contribution in [0.3, 0.4) is 0 Å². The predicted octanol–water partition coefficient (Wildman–Crippen LogP) is -0.634. The Kier molecular flexibility index (Phi) is 7.37. The predicted molar refractivity (Wildman–Crippen MR) is 65.7 cm³/mol. The van der Waals surface area contributed by atoms with Crippen LogP contribution in [0.1, 0.15) is 13.8 Å². The zero-order valence-electron chi connectivity index (χ0n) is 10.9. The lowest BCUT2D eigenvalue weighted by Crippen LogP contribution is -2.36. The highest BCUT2D eigenvalue weighted by atomic mass is 32.2. The van der Waals surface area contributed by atoms with E-state index in [1.807, 2.05) is 0 Å². The molecule has 0 spiro atoms. The van der Waals surface area contributed by atoms with Crippen molar-refractivity contribution in [1.29, 1.82) is 0 Å².